The maximum absolute atomic E-state index is 12.7. The molecule has 146 valence electrons. The summed E-state index contributed by atoms with van der Waals surface area (Å²) in [6.07, 6.45) is 1.71. The molecule has 1 aliphatic rings. The number of benzene rings is 1. The molecule has 6 nitrogen and oxygen atoms in total. The van der Waals surface area contributed by atoms with Gasteiger partial charge in [0.15, 0.2) is 5.82 Å². The van der Waals surface area contributed by atoms with Crippen molar-refractivity contribution in [1.29, 1.82) is 0 Å². The van der Waals surface area contributed by atoms with E-state index in [9.17, 15) is 4.79 Å². The highest BCUT2D eigenvalue weighted by Gasteiger charge is 2.24. The monoisotopic (exact) mass is 416 g/mol. The van der Waals surface area contributed by atoms with E-state index in [0.29, 0.717) is 16.3 Å². The minimum absolute atomic E-state index is 0.114. The van der Waals surface area contributed by atoms with Crippen LogP contribution in [0.5, 0.6) is 5.75 Å². The molecule has 8 heteroatoms. The summed E-state index contributed by atoms with van der Waals surface area (Å²) in [5.41, 5.74) is 1.50. The number of rotatable bonds is 5. The molecule has 3 aromatic rings. The smallest absolute Gasteiger partial charge is 0.255 e. The molecule has 1 aliphatic heterocycles. The number of hydrogen-bond acceptors (Lipinski definition) is 5. The van der Waals surface area contributed by atoms with Crippen molar-refractivity contribution in [2.45, 2.75) is 18.9 Å². The molecular formula is C20H21ClN4O2S. The molecule has 1 aromatic carbocycles. The maximum Gasteiger partial charge on any atom is 0.255 e. The predicted molar refractivity (Wildman–Crippen MR) is 113 cm³/mol. The molecule has 0 bridgehead atoms. The van der Waals surface area contributed by atoms with E-state index in [0.717, 1.165) is 37.4 Å². The molecule has 2 aromatic heterocycles. The number of carbonyl (C=O) groups excluding carboxylic acids is 1. The van der Waals surface area contributed by atoms with Gasteiger partial charge in [0.05, 0.1) is 23.2 Å². The Labute approximate surface area is 172 Å². The second kappa shape index (κ2) is 8.24. The van der Waals surface area contributed by atoms with Gasteiger partial charge in [-0.3, -0.25) is 9.89 Å². The quantitative estimate of drug-likeness (QED) is 0.654. The van der Waals surface area contributed by atoms with E-state index in [2.05, 4.69) is 37.9 Å². The van der Waals surface area contributed by atoms with Gasteiger partial charge in [0.2, 0.25) is 0 Å². The van der Waals surface area contributed by atoms with Crippen LogP contribution in [0.4, 0.5) is 5.82 Å². The van der Waals surface area contributed by atoms with Crippen molar-refractivity contribution in [1.82, 2.24) is 15.5 Å². The summed E-state index contributed by atoms with van der Waals surface area (Å²) in [6, 6.07) is 11.4. The van der Waals surface area contributed by atoms with Crippen LogP contribution < -0.4 is 15.0 Å². The Morgan fingerprint density at radius 1 is 1.32 bits per heavy atom. The van der Waals surface area contributed by atoms with Crippen molar-refractivity contribution in [2.75, 3.05) is 25.1 Å². The molecule has 0 radical (unpaired) electrons. The minimum atomic E-state index is -0.155. The van der Waals surface area contributed by atoms with Gasteiger partial charge in [0.1, 0.15) is 5.75 Å². The average molecular weight is 417 g/mol. The summed E-state index contributed by atoms with van der Waals surface area (Å²) in [5, 5.41) is 13.2. The van der Waals surface area contributed by atoms with Crippen molar-refractivity contribution in [3.63, 3.8) is 0 Å². The molecule has 1 fully saturated rings. The normalized spacial score (nSPS) is 14.9. The third-order valence-electron chi connectivity index (χ3n) is 4.91. The number of aromatic nitrogens is 2. The van der Waals surface area contributed by atoms with Gasteiger partial charge in [-0.25, -0.2) is 0 Å². The van der Waals surface area contributed by atoms with Gasteiger partial charge in [-0.15, -0.1) is 11.3 Å². The van der Waals surface area contributed by atoms with Crippen LogP contribution in [0.15, 0.2) is 41.8 Å². The van der Waals surface area contributed by atoms with Crippen LogP contribution in [0.2, 0.25) is 5.02 Å². The van der Waals surface area contributed by atoms with Crippen molar-refractivity contribution >= 4 is 34.7 Å². The van der Waals surface area contributed by atoms with Crippen LogP contribution in [0.3, 0.4) is 0 Å². The number of nitrogens with zero attached hydrogens (tertiary/aromatic N) is 2. The van der Waals surface area contributed by atoms with Crippen LogP contribution in [0.25, 0.3) is 10.6 Å². The van der Waals surface area contributed by atoms with Gasteiger partial charge in [-0.05, 0) is 42.5 Å². The van der Waals surface area contributed by atoms with Gasteiger partial charge >= 0.3 is 0 Å². The molecule has 28 heavy (non-hydrogen) atoms. The molecule has 0 unspecified atom stereocenters. The summed E-state index contributed by atoms with van der Waals surface area (Å²) in [6.45, 7) is 1.68. The van der Waals surface area contributed by atoms with Gasteiger partial charge in [-0.2, -0.15) is 5.10 Å². The second-order valence-corrected chi connectivity index (χ2v) is 8.08. The zero-order chi connectivity index (χ0) is 19.5. The first-order valence-corrected chi connectivity index (χ1v) is 10.4. The van der Waals surface area contributed by atoms with E-state index >= 15 is 0 Å². The SMILES string of the molecule is COc1ccc(Cl)cc1C(=O)NC1CCN(c2cc(-c3cccs3)[nH]n2)CC1. The van der Waals surface area contributed by atoms with Crippen molar-refractivity contribution in [2.24, 2.45) is 0 Å². The fourth-order valence-corrected chi connectivity index (χ4v) is 4.27. The van der Waals surface area contributed by atoms with Gasteiger partial charge < -0.3 is 15.0 Å². The van der Waals surface area contributed by atoms with E-state index in [1.165, 1.54) is 4.88 Å². The lowest BCUT2D eigenvalue weighted by Crippen LogP contribution is -2.44. The summed E-state index contributed by atoms with van der Waals surface area (Å²) in [4.78, 5) is 16.1. The third kappa shape index (κ3) is 4.00. The number of methoxy groups -OCH3 is 1. The Balaban J connectivity index is 1.36. The lowest BCUT2D eigenvalue weighted by Gasteiger charge is -2.32. The van der Waals surface area contributed by atoms with E-state index in [-0.39, 0.29) is 11.9 Å². The highest BCUT2D eigenvalue weighted by molar-refractivity contribution is 7.13. The highest BCUT2D eigenvalue weighted by Crippen LogP contribution is 2.27. The Kier molecular flexibility index (Phi) is 5.54. The fourth-order valence-electron chi connectivity index (χ4n) is 3.40. The Hall–Kier alpha value is -2.51. The number of aromatic amines is 1. The molecule has 0 aliphatic carbocycles. The van der Waals surface area contributed by atoms with Crippen LogP contribution in [0.1, 0.15) is 23.2 Å². The number of thiophene rings is 1. The maximum atomic E-state index is 12.7. The van der Waals surface area contributed by atoms with Gasteiger partial charge in [0.25, 0.3) is 5.91 Å². The third-order valence-corrected chi connectivity index (χ3v) is 6.05. The largest absolute Gasteiger partial charge is 0.496 e. The van der Waals surface area contributed by atoms with Gasteiger partial charge in [-0.1, -0.05) is 17.7 Å². The van der Waals surface area contributed by atoms with Crippen molar-refractivity contribution < 1.29 is 9.53 Å². The number of amides is 1. The van der Waals surface area contributed by atoms with Gasteiger partial charge in [0, 0.05) is 30.2 Å². The Bertz CT molecular complexity index is 949. The number of anilines is 1. The van der Waals surface area contributed by atoms with Crippen molar-refractivity contribution in [3.8, 4) is 16.3 Å². The topological polar surface area (TPSA) is 70.2 Å². The first-order chi connectivity index (χ1) is 13.6. The number of hydrogen-bond donors (Lipinski definition) is 2. The number of H-pyrrole nitrogens is 1. The molecule has 3 heterocycles. The number of piperidine rings is 1. The van der Waals surface area contributed by atoms with E-state index < -0.39 is 0 Å². The zero-order valence-electron chi connectivity index (χ0n) is 15.4. The Morgan fingerprint density at radius 3 is 2.86 bits per heavy atom. The van der Waals surface area contributed by atoms with Crippen molar-refractivity contribution in [3.05, 3.63) is 52.4 Å². The minimum Gasteiger partial charge on any atom is -0.496 e. The molecule has 1 amide bonds. The molecule has 0 spiro atoms. The summed E-state index contributed by atoms with van der Waals surface area (Å²) < 4.78 is 5.28. The zero-order valence-corrected chi connectivity index (χ0v) is 17.0. The number of ether oxygens (including phenoxy) is 1. The van der Waals surface area contributed by atoms with E-state index in [1.807, 2.05) is 6.07 Å². The predicted octanol–water partition coefficient (Wildman–Crippen LogP) is 4.20. The average Bonchev–Trinajstić information content (AvgIpc) is 3.40. The second-order valence-electron chi connectivity index (χ2n) is 6.70. The number of carbonyl (C=O) groups is 1. The summed E-state index contributed by atoms with van der Waals surface area (Å²) in [5.74, 6) is 1.32. The molecule has 1 saturated heterocycles. The van der Waals surface area contributed by atoms with Crippen LogP contribution in [-0.4, -0.2) is 42.3 Å². The first kappa shape index (κ1) is 18.8. The lowest BCUT2D eigenvalue weighted by molar-refractivity contribution is 0.0928. The summed E-state index contributed by atoms with van der Waals surface area (Å²) >= 11 is 7.72. The van der Waals surface area contributed by atoms with Crippen LogP contribution >= 0.6 is 22.9 Å². The highest BCUT2D eigenvalue weighted by atomic mass is 35.5. The van der Waals surface area contributed by atoms with E-state index in [1.54, 1.807) is 36.6 Å². The molecule has 4 rings (SSSR count). The fraction of sp³-hybridized carbons (Fsp3) is 0.300. The van der Waals surface area contributed by atoms with E-state index in [4.69, 9.17) is 16.3 Å². The number of nitrogens with one attached hydrogen (secondary N) is 2. The molecule has 2 N–H and O–H groups in total. The molecular weight excluding hydrogens is 396 g/mol. The standard InChI is InChI=1S/C20H21ClN4O2S/c1-27-17-5-4-13(21)11-15(17)20(26)22-14-6-8-25(9-7-14)19-12-16(23-24-19)18-3-2-10-28-18/h2-5,10-12,14H,6-9H2,1H3,(H,22,26)(H,23,24). The van der Waals surface area contributed by atoms with Crippen LogP contribution in [-0.2, 0) is 0 Å². The Morgan fingerprint density at radius 2 is 2.14 bits per heavy atom. The van der Waals surface area contributed by atoms with Crippen LogP contribution in [0, 0.1) is 0 Å². The molecule has 0 atom stereocenters. The first-order valence-electron chi connectivity index (χ1n) is 9.12. The molecule has 0 saturated carbocycles. The summed E-state index contributed by atoms with van der Waals surface area (Å²) in [7, 11) is 1.55. The number of halogens is 1. The lowest BCUT2D eigenvalue weighted by atomic mass is 10.0.